The number of imidazole rings is 1. The number of halogens is 1. The highest BCUT2D eigenvalue weighted by molar-refractivity contribution is 6.30. The number of nitrogens with zero attached hydrogens (tertiary/aromatic N) is 2. The second-order valence-electron chi connectivity index (χ2n) is 5.56. The summed E-state index contributed by atoms with van der Waals surface area (Å²) < 4.78 is 3.41. The van der Waals surface area contributed by atoms with Crippen molar-refractivity contribution in [2.45, 2.75) is 26.9 Å². The molecule has 0 atom stereocenters. The number of amides is 2. The zero-order chi connectivity index (χ0) is 18.0. The molecule has 2 N–H and O–H groups in total. The van der Waals surface area contributed by atoms with E-state index in [2.05, 4.69) is 10.6 Å². The first-order chi connectivity index (χ1) is 12.0. The number of aromatic nitrogens is 2. The third-order valence-corrected chi connectivity index (χ3v) is 4.26. The number of rotatable bonds is 4. The van der Waals surface area contributed by atoms with Gasteiger partial charge in [-0.15, -0.1) is 0 Å². The molecule has 130 valence electrons. The molecule has 1 heterocycles. The predicted octanol–water partition coefficient (Wildman–Crippen LogP) is 4.14. The summed E-state index contributed by atoms with van der Waals surface area (Å²) in [6, 6.07) is 11.9. The van der Waals surface area contributed by atoms with Gasteiger partial charge in [-0.2, -0.15) is 0 Å². The molecule has 0 aliphatic heterocycles. The van der Waals surface area contributed by atoms with Gasteiger partial charge in [0, 0.05) is 29.5 Å². The number of hydrogen-bond acceptors (Lipinski definition) is 2. The van der Waals surface area contributed by atoms with E-state index in [1.807, 2.05) is 26.0 Å². The molecule has 0 aliphatic carbocycles. The highest BCUT2D eigenvalue weighted by Gasteiger charge is 2.12. The van der Waals surface area contributed by atoms with Gasteiger partial charge in [-0.25, -0.2) is 9.59 Å². The van der Waals surface area contributed by atoms with Crippen LogP contribution in [0.15, 0.2) is 47.3 Å². The molecule has 0 saturated heterocycles. The number of benzene rings is 2. The summed E-state index contributed by atoms with van der Waals surface area (Å²) in [5, 5.41) is 6.13. The van der Waals surface area contributed by atoms with E-state index in [0.717, 1.165) is 11.0 Å². The maximum atomic E-state index is 12.4. The van der Waals surface area contributed by atoms with E-state index in [0.29, 0.717) is 29.5 Å². The van der Waals surface area contributed by atoms with E-state index in [-0.39, 0.29) is 11.7 Å². The second-order valence-corrected chi connectivity index (χ2v) is 6.00. The van der Waals surface area contributed by atoms with Crippen molar-refractivity contribution in [2.75, 3.05) is 10.6 Å². The van der Waals surface area contributed by atoms with Gasteiger partial charge >= 0.3 is 11.7 Å². The number of fused-ring (bicyclic) bond motifs is 1. The van der Waals surface area contributed by atoms with Gasteiger partial charge < -0.3 is 10.6 Å². The van der Waals surface area contributed by atoms with Crippen molar-refractivity contribution in [2.24, 2.45) is 0 Å². The van der Waals surface area contributed by atoms with Crippen molar-refractivity contribution < 1.29 is 4.79 Å². The van der Waals surface area contributed by atoms with Crippen molar-refractivity contribution in [3.05, 3.63) is 58.0 Å². The zero-order valence-electron chi connectivity index (χ0n) is 14.0. The minimum absolute atomic E-state index is 0.0391. The Kier molecular flexibility index (Phi) is 4.81. The summed E-state index contributed by atoms with van der Waals surface area (Å²) in [5.41, 5.74) is 2.89. The number of aryl methyl sites for hydroxylation is 2. The summed E-state index contributed by atoms with van der Waals surface area (Å²) in [4.78, 5) is 24.5. The maximum absolute atomic E-state index is 12.4. The van der Waals surface area contributed by atoms with Crippen LogP contribution in [-0.4, -0.2) is 15.2 Å². The van der Waals surface area contributed by atoms with E-state index in [1.54, 1.807) is 39.5 Å². The third-order valence-electron chi connectivity index (χ3n) is 4.01. The van der Waals surface area contributed by atoms with E-state index < -0.39 is 0 Å². The van der Waals surface area contributed by atoms with Crippen LogP contribution in [0.25, 0.3) is 11.0 Å². The SMILES string of the molecule is CCn1c(=O)n(CC)c2cc(NC(=O)Nc3ccc(Cl)cc3)ccc21. The Morgan fingerprint density at radius 2 is 1.48 bits per heavy atom. The van der Waals surface area contributed by atoms with Crippen LogP contribution in [0.5, 0.6) is 0 Å². The lowest BCUT2D eigenvalue weighted by atomic mass is 10.2. The van der Waals surface area contributed by atoms with Gasteiger partial charge in [-0.1, -0.05) is 11.6 Å². The van der Waals surface area contributed by atoms with Crippen LogP contribution in [0.3, 0.4) is 0 Å². The fraction of sp³-hybridized carbons (Fsp3) is 0.222. The highest BCUT2D eigenvalue weighted by atomic mass is 35.5. The Morgan fingerprint density at radius 3 is 2.12 bits per heavy atom. The normalized spacial score (nSPS) is 10.8. The van der Waals surface area contributed by atoms with Crippen molar-refractivity contribution in [1.82, 2.24) is 9.13 Å². The molecule has 0 saturated carbocycles. The van der Waals surface area contributed by atoms with Crippen LogP contribution in [-0.2, 0) is 13.1 Å². The number of anilines is 2. The van der Waals surface area contributed by atoms with Crippen LogP contribution in [0, 0.1) is 0 Å². The monoisotopic (exact) mass is 358 g/mol. The summed E-state index contributed by atoms with van der Waals surface area (Å²) in [6.07, 6.45) is 0. The lowest BCUT2D eigenvalue weighted by molar-refractivity contribution is 0.262. The second kappa shape index (κ2) is 7.03. The average Bonchev–Trinajstić information content (AvgIpc) is 2.86. The molecule has 2 amide bonds. The number of hydrogen-bond donors (Lipinski definition) is 2. The molecule has 0 fully saturated rings. The smallest absolute Gasteiger partial charge is 0.308 e. The molecule has 3 rings (SSSR count). The largest absolute Gasteiger partial charge is 0.329 e. The molecule has 2 aromatic carbocycles. The van der Waals surface area contributed by atoms with Gasteiger partial charge in [-0.3, -0.25) is 9.13 Å². The molecule has 1 aromatic heterocycles. The van der Waals surface area contributed by atoms with Gasteiger partial charge in [0.2, 0.25) is 0 Å². The summed E-state index contributed by atoms with van der Waals surface area (Å²) in [7, 11) is 0. The van der Waals surface area contributed by atoms with E-state index in [9.17, 15) is 9.59 Å². The molecular formula is C18H19ClN4O2. The lowest BCUT2D eigenvalue weighted by Crippen LogP contribution is -2.23. The average molecular weight is 359 g/mol. The number of carbonyl (C=O) groups excluding carboxylic acids is 1. The summed E-state index contributed by atoms with van der Waals surface area (Å²) >= 11 is 5.83. The molecule has 0 bridgehead atoms. The molecule has 25 heavy (non-hydrogen) atoms. The number of nitrogens with one attached hydrogen (secondary N) is 2. The molecule has 0 spiro atoms. The maximum Gasteiger partial charge on any atom is 0.329 e. The van der Waals surface area contributed by atoms with Crippen LogP contribution < -0.4 is 16.3 Å². The Balaban J connectivity index is 1.85. The quantitative estimate of drug-likeness (QED) is 0.736. The van der Waals surface area contributed by atoms with Crippen LogP contribution in [0.4, 0.5) is 16.2 Å². The summed E-state index contributed by atoms with van der Waals surface area (Å²) in [5.74, 6) is 0. The molecule has 0 unspecified atom stereocenters. The minimum atomic E-state index is -0.359. The van der Waals surface area contributed by atoms with E-state index in [4.69, 9.17) is 11.6 Å². The van der Waals surface area contributed by atoms with Gasteiger partial charge in [-0.05, 0) is 56.3 Å². The van der Waals surface area contributed by atoms with E-state index in [1.165, 1.54) is 0 Å². The topological polar surface area (TPSA) is 68.1 Å². The Labute approximate surface area is 150 Å². The van der Waals surface area contributed by atoms with Crippen LogP contribution in [0.2, 0.25) is 5.02 Å². The van der Waals surface area contributed by atoms with Crippen LogP contribution >= 0.6 is 11.6 Å². The molecule has 0 radical (unpaired) electrons. The number of urea groups is 1. The van der Waals surface area contributed by atoms with Gasteiger partial charge in [0.25, 0.3) is 0 Å². The fourth-order valence-electron chi connectivity index (χ4n) is 2.84. The fourth-order valence-corrected chi connectivity index (χ4v) is 2.96. The minimum Gasteiger partial charge on any atom is -0.308 e. The van der Waals surface area contributed by atoms with Crippen molar-refractivity contribution in [3.63, 3.8) is 0 Å². The van der Waals surface area contributed by atoms with Gasteiger partial charge in [0.15, 0.2) is 0 Å². The zero-order valence-corrected chi connectivity index (χ0v) is 14.8. The van der Waals surface area contributed by atoms with Gasteiger partial charge in [0.1, 0.15) is 0 Å². The molecule has 6 nitrogen and oxygen atoms in total. The number of carbonyl (C=O) groups is 1. The van der Waals surface area contributed by atoms with Crippen molar-refractivity contribution in [3.8, 4) is 0 Å². The lowest BCUT2D eigenvalue weighted by Gasteiger charge is -2.08. The molecule has 7 heteroatoms. The first-order valence-electron chi connectivity index (χ1n) is 8.10. The van der Waals surface area contributed by atoms with Crippen LogP contribution in [0.1, 0.15) is 13.8 Å². The first kappa shape index (κ1) is 17.1. The molecule has 0 aliphatic rings. The molecule has 3 aromatic rings. The van der Waals surface area contributed by atoms with Gasteiger partial charge in [0.05, 0.1) is 11.0 Å². The predicted molar refractivity (Wildman–Crippen MR) is 102 cm³/mol. The summed E-state index contributed by atoms with van der Waals surface area (Å²) in [6.45, 7) is 5.04. The molecular weight excluding hydrogens is 340 g/mol. The Morgan fingerprint density at radius 1 is 0.920 bits per heavy atom. The Hall–Kier alpha value is -2.73. The van der Waals surface area contributed by atoms with Crippen molar-refractivity contribution in [1.29, 1.82) is 0 Å². The highest BCUT2D eigenvalue weighted by Crippen LogP contribution is 2.20. The standard InChI is InChI=1S/C18H19ClN4O2/c1-3-22-15-10-9-14(11-16(15)23(4-2)18(22)25)21-17(24)20-13-7-5-12(19)6-8-13/h5-11H,3-4H2,1-2H3,(H2,20,21,24). The third kappa shape index (κ3) is 3.39. The van der Waals surface area contributed by atoms with E-state index >= 15 is 0 Å². The Bertz CT molecular complexity index is 973. The van der Waals surface area contributed by atoms with Crippen molar-refractivity contribution >= 4 is 40.0 Å². The first-order valence-corrected chi connectivity index (χ1v) is 8.48.